The zero-order valence-corrected chi connectivity index (χ0v) is 11.0. The molecule has 3 heteroatoms. The van der Waals surface area contributed by atoms with Gasteiger partial charge in [-0.2, -0.15) is 0 Å². The molecule has 0 unspecified atom stereocenters. The summed E-state index contributed by atoms with van der Waals surface area (Å²) >= 11 is 5.99. The van der Waals surface area contributed by atoms with Gasteiger partial charge in [0.05, 0.1) is 5.69 Å². The molecule has 17 heavy (non-hydrogen) atoms. The molecule has 2 N–H and O–H groups in total. The smallest absolute Gasteiger partial charge is 0.128 e. The van der Waals surface area contributed by atoms with Gasteiger partial charge in [-0.1, -0.05) is 29.8 Å². The normalized spacial score (nSPS) is 13.2. The van der Waals surface area contributed by atoms with E-state index in [4.69, 9.17) is 17.3 Å². The van der Waals surface area contributed by atoms with E-state index in [1.807, 2.05) is 31.2 Å². The quantitative estimate of drug-likeness (QED) is 0.487. The Kier molecular flexibility index (Phi) is 4.98. The molecule has 0 aliphatic carbocycles. The van der Waals surface area contributed by atoms with Gasteiger partial charge in [0.25, 0.3) is 0 Å². The maximum Gasteiger partial charge on any atom is 0.128 e. The Morgan fingerprint density at radius 2 is 2.24 bits per heavy atom. The van der Waals surface area contributed by atoms with Crippen molar-refractivity contribution >= 4 is 23.1 Å². The van der Waals surface area contributed by atoms with E-state index in [0.717, 1.165) is 16.8 Å². The van der Waals surface area contributed by atoms with Crippen LogP contribution in [0.25, 0.3) is 0 Å². The maximum absolute atomic E-state index is 5.99. The lowest BCUT2D eigenvalue weighted by atomic mass is 10.1. The van der Waals surface area contributed by atoms with Gasteiger partial charge in [-0.05, 0) is 38.0 Å². The Balaban J connectivity index is 3.06. The lowest BCUT2D eigenvalue weighted by Crippen LogP contribution is -2.15. The van der Waals surface area contributed by atoms with Gasteiger partial charge in [-0.15, -0.1) is 6.58 Å². The summed E-state index contributed by atoms with van der Waals surface area (Å²) in [5, 5.41) is 0.652. The predicted molar refractivity (Wildman–Crippen MR) is 75.8 cm³/mol. The van der Waals surface area contributed by atoms with E-state index in [2.05, 4.69) is 11.6 Å². The monoisotopic (exact) mass is 248 g/mol. The van der Waals surface area contributed by atoms with E-state index in [1.54, 1.807) is 13.0 Å². The number of hydrogen-bond acceptors (Lipinski definition) is 1. The van der Waals surface area contributed by atoms with Crippen LogP contribution in [0.3, 0.4) is 0 Å². The minimum absolute atomic E-state index is 0.447. The molecular weight excluding hydrogens is 232 g/mol. The van der Waals surface area contributed by atoms with Crippen LogP contribution in [-0.2, 0) is 0 Å². The van der Waals surface area contributed by atoms with Crippen LogP contribution in [0.5, 0.6) is 0 Å². The van der Waals surface area contributed by atoms with Gasteiger partial charge in [-0.25, -0.2) is 4.99 Å². The van der Waals surface area contributed by atoms with E-state index >= 15 is 0 Å². The standard InChI is InChI=1S/C14H17ClN2/c1-4-6-13(11(3)15)14(16)17-12-8-5-7-10(2)9-12/h4-5,7-9H,1,6H2,2-3H3,(H2,16,17)/b13-11+. The topological polar surface area (TPSA) is 38.4 Å². The zero-order valence-electron chi connectivity index (χ0n) is 10.2. The molecule has 2 nitrogen and oxygen atoms in total. The van der Waals surface area contributed by atoms with E-state index < -0.39 is 0 Å². The van der Waals surface area contributed by atoms with E-state index in [9.17, 15) is 0 Å². The highest BCUT2D eigenvalue weighted by Crippen LogP contribution is 2.18. The van der Waals surface area contributed by atoms with E-state index in [0.29, 0.717) is 17.3 Å². The molecule has 0 radical (unpaired) electrons. The van der Waals surface area contributed by atoms with Crippen molar-refractivity contribution in [1.29, 1.82) is 0 Å². The Morgan fingerprint density at radius 1 is 1.53 bits per heavy atom. The van der Waals surface area contributed by atoms with Crippen LogP contribution in [-0.4, -0.2) is 5.84 Å². The van der Waals surface area contributed by atoms with Gasteiger partial charge < -0.3 is 5.73 Å². The fourth-order valence-corrected chi connectivity index (χ4v) is 1.64. The van der Waals surface area contributed by atoms with E-state index in [-0.39, 0.29) is 0 Å². The molecule has 0 aromatic heterocycles. The molecule has 90 valence electrons. The Bertz CT molecular complexity index is 469. The second-order valence-electron chi connectivity index (χ2n) is 3.84. The second kappa shape index (κ2) is 6.26. The number of amidine groups is 1. The molecule has 0 saturated heterocycles. The average molecular weight is 249 g/mol. The van der Waals surface area contributed by atoms with Crippen LogP contribution in [0, 0.1) is 6.92 Å². The van der Waals surface area contributed by atoms with Crippen LogP contribution in [0.2, 0.25) is 0 Å². The Hall–Kier alpha value is -1.54. The third kappa shape index (κ3) is 4.08. The van der Waals surface area contributed by atoms with Gasteiger partial charge in [-0.3, -0.25) is 0 Å². The molecule has 1 rings (SSSR count). The first-order valence-electron chi connectivity index (χ1n) is 5.42. The molecule has 0 atom stereocenters. The molecule has 0 saturated carbocycles. The third-order valence-electron chi connectivity index (χ3n) is 2.32. The zero-order chi connectivity index (χ0) is 12.8. The fraction of sp³-hybridized carbons (Fsp3) is 0.214. The summed E-state index contributed by atoms with van der Waals surface area (Å²) in [6.07, 6.45) is 2.39. The molecule has 0 fully saturated rings. The summed E-state index contributed by atoms with van der Waals surface area (Å²) in [6, 6.07) is 7.85. The lowest BCUT2D eigenvalue weighted by Gasteiger charge is -2.06. The number of benzene rings is 1. The van der Waals surface area contributed by atoms with Crippen LogP contribution >= 0.6 is 11.6 Å². The largest absolute Gasteiger partial charge is 0.383 e. The molecule has 0 aliphatic heterocycles. The number of aryl methyl sites for hydroxylation is 1. The summed E-state index contributed by atoms with van der Waals surface area (Å²) in [7, 11) is 0. The third-order valence-corrected chi connectivity index (χ3v) is 2.55. The SMILES string of the molecule is C=CC/C(C(N)=Nc1cccc(C)c1)=C(/C)Cl. The number of halogens is 1. The average Bonchev–Trinajstić information content (AvgIpc) is 2.25. The summed E-state index contributed by atoms with van der Waals surface area (Å²) in [5.74, 6) is 0.447. The van der Waals surface area contributed by atoms with Crippen molar-refractivity contribution in [2.75, 3.05) is 0 Å². The highest BCUT2D eigenvalue weighted by Gasteiger charge is 2.04. The minimum atomic E-state index is 0.447. The predicted octanol–water partition coefficient (Wildman–Crippen LogP) is 4.07. The molecule has 0 heterocycles. The number of hydrogen-bond donors (Lipinski definition) is 1. The molecule has 0 aliphatic rings. The van der Waals surface area contributed by atoms with Crippen LogP contribution in [0.4, 0.5) is 5.69 Å². The van der Waals surface area contributed by atoms with Crippen molar-refractivity contribution in [2.24, 2.45) is 10.7 Å². The molecule has 1 aromatic carbocycles. The summed E-state index contributed by atoms with van der Waals surface area (Å²) < 4.78 is 0. The lowest BCUT2D eigenvalue weighted by molar-refractivity contribution is 1.26. The van der Waals surface area contributed by atoms with Gasteiger partial charge in [0.2, 0.25) is 0 Å². The van der Waals surface area contributed by atoms with Crippen molar-refractivity contribution in [3.63, 3.8) is 0 Å². The van der Waals surface area contributed by atoms with Gasteiger partial charge in [0.15, 0.2) is 0 Å². The Morgan fingerprint density at radius 3 is 2.76 bits per heavy atom. The first kappa shape index (κ1) is 13.5. The highest BCUT2D eigenvalue weighted by molar-refractivity contribution is 6.31. The number of nitrogens with zero attached hydrogens (tertiary/aromatic N) is 1. The second-order valence-corrected chi connectivity index (χ2v) is 4.41. The van der Waals surface area contributed by atoms with Crippen molar-refractivity contribution in [1.82, 2.24) is 0 Å². The summed E-state index contributed by atoms with van der Waals surface area (Å²) in [4.78, 5) is 4.36. The molecular formula is C14H17ClN2. The highest BCUT2D eigenvalue weighted by atomic mass is 35.5. The number of aliphatic imine (C=N–C) groups is 1. The van der Waals surface area contributed by atoms with Crippen LogP contribution < -0.4 is 5.73 Å². The van der Waals surface area contributed by atoms with Crippen LogP contribution in [0.1, 0.15) is 18.9 Å². The van der Waals surface area contributed by atoms with Gasteiger partial charge in [0.1, 0.15) is 5.84 Å². The van der Waals surface area contributed by atoms with E-state index in [1.165, 1.54) is 0 Å². The van der Waals surface area contributed by atoms with Crippen molar-refractivity contribution in [3.05, 3.63) is 53.1 Å². The molecule has 0 spiro atoms. The minimum Gasteiger partial charge on any atom is -0.383 e. The van der Waals surface area contributed by atoms with Gasteiger partial charge >= 0.3 is 0 Å². The number of rotatable bonds is 4. The molecule has 1 aromatic rings. The fourth-order valence-electron chi connectivity index (χ4n) is 1.47. The first-order valence-corrected chi connectivity index (χ1v) is 5.79. The Labute approximate surface area is 108 Å². The summed E-state index contributed by atoms with van der Waals surface area (Å²) in [5.41, 5.74) is 8.75. The first-order chi connectivity index (χ1) is 8.04. The van der Waals surface area contributed by atoms with Crippen molar-refractivity contribution in [3.8, 4) is 0 Å². The van der Waals surface area contributed by atoms with Gasteiger partial charge in [0, 0.05) is 10.6 Å². The van der Waals surface area contributed by atoms with Crippen molar-refractivity contribution in [2.45, 2.75) is 20.3 Å². The van der Waals surface area contributed by atoms with Crippen LogP contribution in [0.15, 0.2) is 52.5 Å². The number of nitrogens with two attached hydrogens (primary N) is 1. The molecule has 0 bridgehead atoms. The maximum atomic E-state index is 5.99. The number of allylic oxidation sites excluding steroid dienone is 2. The molecule has 0 amide bonds. The van der Waals surface area contributed by atoms with Crippen molar-refractivity contribution < 1.29 is 0 Å². The summed E-state index contributed by atoms with van der Waals surface area (Å²) in [6.45, 7) is 7.50.